The maximum absolute atomic E-state index is 13.0. The van der Waals surface area contributed by atoms with Crippen molar-refractivity contribution < 1.29 is 23.1 Å². The first-order valence-corrected chi connectivity index (χ1v) is 12.5. The largest absolute Gasteiger partial charge is 0.508 e. The number of phenolic OH excluding ortho intramolecular Hbond substituents is 1. The minimum Gasteiger partial charge on any atom is -0.508 e. The van der Waals surface area contributed by atoms with Gasteiger partial charge in [0.05, 0.1) is 4.90 Å². The second-order valence-corrected chi connectivity index (χ2v) is 10.4. The van der Waals surface area contributed by atoms with Gasteiger partial charge in [0.15, 0.2) is 5.78 Å². The van der Waals surface area contributed by atoms with Crippen LogP contribution in [-0.4, -0.2) is 60.6 Å². The Morgan fingerprint density at radius 1 is 0.844 bits per heavy atom. The zero-order chi connectivity index (χ0) is 22.7. The number of carbonyl (C=O) groups excluding carboxylic acids is 2. The predicted molar refractivity (Wildman–Crippen MR) is 120 cm³/mol. The van der Waals surface area contributed by atoms with Gasteiger partial charge >= 0.3 is 0 Å². The molecule has 2 aromatic rings. The van der Waals surface area contributed by atoms with Crippen LogP contribution in [0.5, 0.6) is 5.75 Å². The minimum atomic E-state index is -3.60. The second kappa shape index (κ2) is 9.42. The van der Waals surface area contributed by atoms with Gasteiger partial charge in [0.25, 0.3) is 5.91 Å². The van der Waals surface area contributed by atoms with E-state index < -0.39 is 10.0 Å². The van der Waals surface area contributed by atoms with Gasteiger partial charge in [0.2, 0.25) is 10.0 Å². The third kappa shape index (κ3) is 4.71. The molecule has 0 aliphatic carbocycles. The van der Waals surface area contributed by atoms with Gasteiger partial charge in [-0.1, -0.05) is 12.5 Å². The minimum absolute atomic E-state index is 0.0201. The molecule has 0 bridgehead atoms. The number of hydrogen-bond acceptors (Lipinski definition) is 5. The average molecular weight is 457 g/mol. The van der Waals surface area contributed by atoms with E-state index in [0.717, 1.165) is 19.3 Å². The molecule has 2 aromatic carbocycles. The van der Waals surface area contributed by atoms with Crippen LogP contribution in [0, 0.1) is 5.92 Å². The number of amides is 1. The summed E-state index contributed by atoms with van der Waals surface area (Å²) < 4.78 is 27.4. The molecule has 0 saturated carbocycles. The number of Topliss-reactive ketones (excluding diaryl/α,β-unsaturated/α-hetero) is 1. The fraction of sp³-hybridized carbons (Fsp3) is 0.417. The van der Waals surface area contributed by atoms with Gasteiger partial charge in [-0.05, 0) is 68.1 Å². The van der Waals surface area contributed by atoms with E-state index in [4.69, 9.17) is 0 Å². The molecule has 2 aliphatic heterocycles. The van der Waals surface area contributed by atoms with Crippen molar-refractivity contribution >= 4 is 21.7 Å². The summed E-state index contributed by atoms with van der Waals surface area (Å²) in [5.41, 5.74) is 0.912. The molecule has 170 valence electrons. The van der Waals surface area contributed by atoms with Gasteiger partial charge in [-0.25, -0.2) is 8.42 Å². The highest BCUT2D eigenvalue weighted by Crippen LogP contribution is 2.25. The number of aromatic hydroxyl groups is 1. The Hall–Kier alpha value is -2.71. The monoisotopic (exact) mass is 456 g/mol. The summed E-state index contributed by atoms with van der Waals surface area (Å²) in [5, 5.41) is 9.40. The van der Waals surface area contributed by atoms with E-state index in [1.165, 1.54) is 22.5 Å². The normalized spacial score (nSPS) is 18.4. The topological polar surface area (TPSA) is 95.0 Å². The van der Waals surface area contributed by atoms with E-state index in [1.807, 2.05) is 0 Å². The Labute approximate surface area is 188 Å². The van der Waals surface area contributed by atoms with Crippen molar-refractivity contribution in [2.75, 3.05) is 26.2 Å². The van der Waals surface area contributed by atoms with Crippen molar-refractivity contribution in [3.8, 4) is 5.75 Å². The SMILES string of the molecule is O=C(c1ccc(O)cc1)C1CCN(C(=O)c2cccc(S(=O)(=O)N3CCCCC3)c2)CC1. The van der Waals surface area contributed by atoms with Gasteiger partial charge in [-0.15, -0.1) is 0 Å². The number of ketones is 1. The van der Waals surface area contributed by atoms with Crippen molar-refractivity contribution in [2.24, 2.45) is 5.92 Å². The third-order valence-electron chi connectivity index (χ3n) is 6.34. The number of nitrogens with zero attached hydrogens (tertiary/aromatic N) is 2. The van der Waals surface area contributed by atoms with Crippen molar-refractivity contribution in [1.82, 2.24) is 9.21 Å². The fourth-order valence-corrected chi connectivity index (χ4v) is 6.00. The van der Waals surface area contributed by atoms with Gasteiger partial charge in [-0.2, -0.15) is 4.31 Å². The van der Waals surface area contributed by atoms with Crippen LogP contribution in [0.25, 0.3) is 0 Å². The van der Waals surface area contributed by atoms with Crippen LogP contribution < -0.4 is 0 Å². The summed E-state index contributed by atoms with van der Waals surface area (Å²) >= 11 is 0. The lowest BCUT2D eigenvalue weighted by molar-refractivity contribution is 0.0650. The van der Waals surface area contributed by atoms with E-state index >= 15 is 0 Å². The molecular weight excluding hydrogens is 428 g/mol. The number of hydrogen-bond donors (Lipinski definition) is 1. The Morgan fingerprint density at radius 2 is 1.50 bits per heavy atom. The molecule has 7 nitrogen and oxygen atoms in total. The Morgan fingerprint density at radius 3 is 2.16 bits per heavy atom. The van der Waals surface area contributed by atoms with Gasteiger partial charge in [0, 0.05) is 43.2 Å². The summed E-state index contributed by atoms with van der Waals surface area (Å²) in [6.07, 6.45) is 3.86. The van der Waals surface area contributed by atoms with E-state index in [2.05, 4.69) is 0 Å². The maximum Gasteiger partial charge on any atom is 0.253 e. The number of sulfonamides is 1. The Kier molecular flexibility index (Phi) is 6.62. The van der Waals surface area contributed by atoms with Crippen molar-refractivity contribution in [3.05, 3.63) is 59.7 Å². The van der Waals surface area contributed by atoms with Crippen LogP contribution in [0.4, 0.5) is 0 Å². The molecule has 32 heavy (non-hydrogen) atoms. The average Bonchev–Trinajstić information content (AvgIpc) is 2.84. The van der Waals surface area contributed by atoms with Crippen molar-refractivity contribution in [1.29, 1.82) is 0 Å². The van der Waals surface area contributed by atoms with E-state index in [-0.39, 0.29) is 28.3 Å². The highest BCUT2D eigenvalue weighted by molar-refractivity contribution is 7.89. The van der Waals surface area contributed by atoms with Crippen LogP contribution in [0.3, 0.4) is 0 Å². The Bertz CT molecular complexity index is 1080. The zero-order valence-electron chi connectivity index (χ0n) is 17.9. The van der Waals surface area contributed by atoms with E-state index in [0.29, 0.717) is 50.1 Å². The van der Waals surface area contributed by atoms with Crippen LogP contribution in [0.15, 0.2) is 53.4 Å². The molecule has 2 aliphatic rings. The summed E-state index contributed by atoms with van der Waals surface area (Å²) in [6, 6.07) is 12.5. The molecule has 2 fully saturated rings. The Balaban J connectivity index is 1.42. The molecule has 0 atom stereocenters. The smallest absolute Gasteiger partial charge is 0.253 e. The maximum atomic E-state index is 13.0. The number of likely N-dealkylation sites (tertiary alicyclic amines) is 1. The number of carbonyl (C=O) groups is 2. The highest BCUT2D eigenvalue weighted by atomic mass is 32.2. The van der Waals surface area contributed by atoms with Gasteiger partial charge in [-0.3, -0.25) is 9.59 Å². The molecule has 1 N–H and O–H groups in total. The molecule has 8 heteroatoms. The van der Waals surface area contributed by atoms with Crippen molar-refractivity contribution in [2.45, 2.75) is 37.0 Å². The summed E-state index contributed by atoms with van der Waals surface area (Å²) in [5.74, 6) is -0.246. The van der Waals surface area contributed by atoms with Crippen molar-refractivity contribution in [3.63, 3.8) is 0 Å². The second-order valence-electron chi connectivity index (χ2n) is 8.47. The van der Waals surface area contributed by atoms with Crippen LogP contribution in [0.1, 0.15) is 52.8 Å². The van der Waals surface area contributed by atoms with Gasteiger partial charge < -0.3 is 10.0 Å². The lowest BCUT2D eigenvalue weighted by Gasteiger charge is -2.31. The number of piperidine rings is 2. The number of rotatable bonds is 5. The number of phenols is 1. The molecular formula is C24H28N2O5S. The summed E-state index contributed by atoms with van der Waals surface area (Å²) in [4.78, 5) is 27.6. The van der Waals surface area contributed by atoms with E-state index in [9.17, 15) is 23.1 Å². The number of benzene rings is 2. The van der Waals surface area contributed by atoms with Crippen LogP contribution >= 0.6 is 0 Å². The standard InChI is InChI=1S/C24H28N2O5S/c27-21-9-7-18(8-10-21)23(28)19-11-15-25(16-12-19)24(29)20-5-4-6-22(17-20)32(30,31)26-13-2-1-3-14-26/h4-10,17,19,27H,1-3,11-16H2. The molecule has 0 spiro atoms. The molecule has 2 saturated heterocycles. The lowest BCUT2D eigenvalue weighted by atomic mass is 9.88. The van der Waals surface area contributed by atoms with Crippen LogP contribution in [0.2, 0.25) is 0 Å². The quantitative estimate of drug-likeness (QED) is 0.697. The fourth-order valence-electron chi connectivity index (χ4n) is 4.43. The van der Waals surface area contributed by atoms with Crippen LogP contribution in [-0.2, 0) is 10.0 Å². The zero-order valence-corrected chi connectivity index (χ0v) is 18.8. The molecule has 2 heterocycles. The molecule has 4 rings (SSSR count). The summed E-state index contributed by atoms with van der Waals surface area (Å²) in [7, 11) is -3.60. The molecule has 0 unspecified atom stereocenters. The first-order chi connectivity index (χ1) is 15.4. The first kappa shape index (κ1) is 22.5. The highest BCUT2D eigenvalue weighted by Gasteiger charge is 2.30. The predicted octanol–water partition coefficient (Wildman–Crippen LogP) is 3.30. The van der Waals surface area contributed by atoms with Gasteiger partial charge in [0.1, 0.15) is 5.75 Å². The lowest BCUT2D eigenvalue weighted by Crippen LogP contribution is -2.40. The first-order valence-electron chi connectivity index (χ1n) is 11.1. The molecule has 1 amide bonds. The summed E-state index contributed by atoms with van der Waals surface area (Å²) in [6.45, 7) is 1.92. The molecule has 0 aromatic heterocycles. The third-order valence-corrected chi connectivity index (χ3v) is 8.23. The molecule has 0 radical (unpaired) electrons. The van der Waals surface area contributed by atoms with E-state index in [1.54, 1.807) is 35.2 Å².